The maximum absolute atomic E-state index is 15.0. The van der Waals surface area contributed by atoms with Crippen LogP contribution in [0.2, 0.25) is 0 Å². The minimum absolute atomic E-state index is 0.0110. The molecule has 1 aliphatic rings. The third kappa shape index (κ3) is 5.02. The van der Waals surface area contributed by atoms with E-state index in [1.54, 1.807) is 42.6 Å². The van der Waals surface area contributed by atoms with Crippen LogP contribution in [0.4, 0.5) is 33.3 Å². The van der Waals surface area contributed by atoms with Gasteiger partial charge in [0, 0.05) is 55.5 Å². The summed E-state index contributed by atoms with van der Waals surface area (Å²) in [5, 5.41) is 2.09. The van der Waals surface area contributed by atoms with Crippen LogP contribution in [-0.4, -0.2) is 45.1 Å². The molecule has 232 valence electrons. The van der Waals surface area contributed by atoms with Crippen LogP contribution < -0.4 is 10.2 Å². The van der Waals surface area contributed by atoms with Crippen molar-refractivity contribution in [2.75, 3.05) is 29.7 Å². The number of hydrogen-bond acceptors (Lipinski definition) is 4. The molecule has 4 heterocycles. The molecule has 0 radical (unpaired) electrons. The Bertz CT molecular complexity index is 2060. The van der Waals surface area contributed by atoms with E-state index in [4.69, 9.17) is 11.6 Å². The van der Waals surface area contributed by atoms with Crippen molar-refractivity contribution in [2.45, 2.75) is 19.5 Å². The molecule has 0 spiro atoms. The van der Waals surface area contributed by atoms with Gasteiger partial charge in [0.25, 0.3) is 0 Å². The number of aryl methyl sites for hydroxylation is 2. The molecule has 0 aliphatic carbocycles. The second kappa shape index (κ2) is 11.0. The zero-order valence-electron chi connectivity index (χ0n) is 24.2. The first-order valence-electron chi connectivity index (χ1n) is 13.8. The summed E-state index contributed by atoms with van der Waals surface area (Å²) >= 11 is 5.49. The Morgan fingerprint density at radius 1 is 1.11 bits per heavy atom. The number of nitrogens with zero attached hydrogens (tertiary/aromatic N) is 4. The molecule has 0 bridgehead atoms. The van der Waals surface area contributed by atoms with Gasteiger partial charge >= 0.3 is 6.18 Å². The fraction of sp³-hybridized carbons (Fsp3) is 0.219. The first-order chi connectivity index (χ1) is 21.3. The molecule has 5 aromatic rings. The number of hydrogen-bond donors (Lipinski definition) is 1. The van der Waals surface area contributed by atoms with Crippen molar-refractivity contribution >= 4 is 51.2 Å². The first kappa shape index (κ1) is 30.3. The van der Waals surface area contributed by atoms with Crippen molar-refractivity contribution in [1.82, 2.24) is 14.0 Å². The Morgan fingerprint density at radius 2 is 1.82 bits per heavy atom. The predicted octanol–water partition coefficient (Wildman–Crippen LogP) is 7.06. The van der Waals surface area contributed by atoms with Gasteiger partial charge in [-0.15, -0.1) is 11.6 Å². The quantitative estimate of drug-likeness (QED) is 0.0966. The van der Waals surface area contributed by atoms with Gasteiger partial charge < -0.3 is 19.2 Å². The molecule has 1 N–H and O–H groups in total. The highest BCUT2D eigenvalue weighted by atomic mass is 35.5. The number of aromatic nitrogens is 3. The van der Waals surface area contributed by atoms with Gasteiger partial charge in [-0.05, 0) is 49.2 Å². The van der Waals surface area contributed by atoms with E-state index in [9.17, 15) is 31.5 Å². The monoisotopic (exact) mass is 641 g/mol. The van der Waals surface area contributed by atoms with Gasteiger partial charge in [-0.25, -0.2) is 13.8 Å². The molecule has 3 aromatic heterocycles. The van der Waals surface area contributed by atoms with E-state index in [-0.39, 0.29) is 28.3 Å². The minimum atomic E-state index is -4.72. The van der Waals surface area contributed by atoms with Crippen molar-refractivity contribution in [3.05, 3.63) is 94.6 Å². The molecule has 45 heavy (non-hydrogen) atoms. The Morgan fingerprint density at radius 3 is 2.49 bits per heavy atom. The number of amides is 1. The van der Waals surface area contributed by atoms with Gasteiger partial charge in [0.1, 0.15) is 28.7 Å². The molecule has 6 rings (SSSR count). The number of likely N-dealkylation sites (N-methyl/N-ethyl adjacent to an activating group) is 1. The molecule has 13 heteroatoms. The lowest BCUT2D eigenvalue weighted by atomic mass is 9.92. The summed E-state index contributed by atoms with van der Waals surface area (Å²) in [5.41, 5.74) is 0.300. The van der Waals surface area contributed by atoms with Crippen molar-refractivity contribution < 1.29 is 31.5 Å². The molecule has 7 nitrogen and oxygen atoms in total. The minimum Gasteiger partial charge on any atom is -0.372 e. The number of imidazole rings is 1. The molecule has 0 unspecified atom stereocenters. The zero-order valence-corrected chi connectivity index (χ0v) is 24.9. The maximum atomic E-state index is 15.0. The summed E-state index contributed by atoms with van der Waals surface area (Å²) < 4.78 is 77.3. The van der Waals surface area contributed by atoms with E-state index >= 15 is 0 Å². The number of nitrogens with one attached hydrogen (secondary N) is 1. The molecule has 0 saturated heterocycles. The van der Waals surface area contributed by atoms with E-state index in [0.717, 1.165) is 24.3 Å². The van der Waals surface area contributed by atoms with Crippen LogP contribution in [0.1, 0.15) is 33.0 Å². The standard InChI is InChI=1S/C32H25ClF5N5O2/c1-16-39-28-23(42(16)3)15-20(32(36,37)38)26-19-6-5-10-43-24(14-17(29(19)43)8-11-41(2)30(26)28)31(45)18-12-21(34)27(22(35)13-18)40-25(44)7-4-9-33/h4-7,10,12-15H,8-9,11H2,1-3H3,(H,40,44)/b7-4+. The van der Waals surface area contributed by atoms with Crippen molar-refractivity contribution in [3.8, 4) is 11.1 Å². The van der Waals surface area contributed by atoms with Crippen molar-refractivity contribution in [1.29, 1.82) is 0 Å². The van der Waals surface area contributed by atoms with Crippen molar-refractivity contribution in [2.24, 2.45) is 7.05 Å². The van der Waals surface area contributed by atoms with Crippen LogP contribution >= 0.6 is 11.6 Å². The molecule has 1 aliphatic heterocycles. The second-order valence-electron chi connectivity index (χ2n) is 10.8. The van der Waals surface area contributed by atoms with Crippen LogP contribution in [0.25, 0.3) is 27.7 Å². The summed E-state index contributed by atoms with van der Waals surface area (Å²) in [4.78, 5) is 32.0. The number of fused-ring (bicyclic) bond motifs is 4. The molecule has 2 aromatic carbocycles. The third-order valence-corrected chi connectivity index (χ3v) is 8.24. The molecular formula is C32H25ClF5N5O2. The summed E-state index contributed by atoms with van der Waals surface area (Å²) in [6, 6.07) is 7.34. The Labute approximate surface area is 258 Å². The highest BCUT2D eigenvalue weighted by Crippen LogP contribution is 2.48. The number of anilines is 2. The lowest BCUT2D eigenvalue weighted by Crippen LogP contribution is -2.24. The first-order valence-corrected chi connectivity index (χ1v) is 14.3. The molecule has 0 fully saturated rings. The summed E-state index contributed by atoms with van der Waals surface area (Å²) in [7, 11) is 3.36. The fourth-order valence-corrected chi connectivity index (χ4v) is 5.97. The zero-order chi connectivity index (χ0) is 32.4. The molecule has 1 amide bonds. The maximum Gasteiger partial charge on any atom is 0.417 e. The molecule has 0 atom stereocenters. The summed E-state index contributed by atoms with van der Waals surface area (Å²) in [5.74, 6) is -3.35. The van der Waals surface area contributed by atoms with Gasteiger partial charge in [-0.2, -0.15) is 13.2 Å². The highest BCUT2D eigenvalue weighted by molar-refractivity contribution is 6.19. The van der Waals surface area contributed by atoms with Crippen LogP contribution in [0.5, 0.6) is 0 Å². The Kier molecular flexibility index (Phi) is 7.43. The van der Waals surface area contributed by atoms with E-state index in [1.807, 2.05) is 0 Å². The highest BCUT2D eigenvalue weighted by Gasteiger charge is 2.39. The smallest absolute Gasteiger partial charge is 0.372 e. The van der Waals surface area contributed by atoms with E-state index < -0.39 is 40.8 Å². The molecular weight excluding hydrogens is 617 g/mol. The third-order valence-electron chi connectivity index (χ3n) is 8.06. The largest absolute Gasteiger partial charge is 0.417 e. The number of benzene rings is 2. The van der Waals surface area contributed by atoms with Crippen molar-refractivity contribution in [3.63, 3.8) is 0 Å². The second-order valence-corrected chi connectivity index (χ2v) is 11.1. The summed E-state index contributed by atoms with van der Waals surface area (Å²) in [6.07, 6.45) is -0.526. The summed E-state index contributed by atoms with van der Waals surface area (Å²) in [6.45, 7) is 2.02. The lowest BCUT2D eigenvalue weighted by molar-refractivity contribution is -0.137. The van der Waals surface area contributed by atoms with Gasteiger partial charge in [-0.1, -0.05) is 12.1 Å². The SMILES string of the molecule is Cc1nc2c3c(c(C(F)(F)F)cc2n1C)-c1cccn2c(C(=O)c4cc(F)c(NC(=O)/C=C/CCl)c(F)c4)cc(c12)CCN3C. The van der Waals surface area contributed by atoms with Gasteiger partial charge in [0.2, 0.25) is 11.7 Å². The number of rotatable bonds is 5. The normalized spacial score (nSPS) is 13.4. The van der Waals surface area contributed by atoms with Gasteiger partial charge in [0.05, 0.1) is 28.0 Å². The van der Waals surface area contributed by atoms with Gasteiger partial charge in [-0.3, -0.25) is 9.59 Å². The number of carbonyl (C=O) groups excluding carboxylic acids is 2. The number of halogens is 6. The number of pyridine rings is 1. The van der Waals surface area contributed by atoms with Crippen LogP contribution in [-0.2, 0) is 24.4 Å². The predicted molar refractivity (Wildman–Crippen MR) is 162 cm³/mol. The van der Waals surface area contributed by atoms with Crippen LogP contribution in [0, 0.1) is 18.6 Å². The van der Waals surface area contributed by atoms with Gasteiger partial charge in [0.15, 0.2) is 0 Å². The van der Waals surface area contributed by atoms with Crippen LogP contribution in [0.3, 0.4) is 0 Å². The Balaban J connectivity index is 1.55. The fourth-order valence-electron chi connectivity index (χ4n) is 5.88. The topological polar surface area (TPSA) is 71.6 Å². The average molecular weight is 642 g/mol. The lowest BCUT2D eigenvalue weighted by Gasteiger charge is -2.28. The van der Waals surface area contributed by atoms with E-state index in [2.05, 4.69) is 10.3 Å². The molecule has 0 saturated carbocycles. The number of allylic oxidation sites excluding steroid dienone is 1. The average Bonchev–Trinajstić information content (AvgIpc) is 3.50. The van der Waals surface area contributed by atoms with Crippen LogP contribution in [0.15, 0.2) is 54.7 Å². The Hall–Kier alpha value is -4.71. The number of carbonyl (C=O) groups is 2. The van der Waals surface area contributed by atoms with E-state index in [0.29, 0.717) is 46.6 Å². The number of ketones is 1. The number of alkyl halides is 4. The van der Waals surface area contributed by atoms with E-state index in [1.165, 1.54) is 22.7 Å².